The summed E-state index contributed by atoms with van der Waals surface area (Å²) in [7, 11) is 0. The average Bonchev–Trinajstić information content (AvgIpc) is 2.83. The quantitative estimate of drug-likeness (QED) is 0.898. The van der Waals surface area contributed by atoms with Crippen molar-refractivity contribution in [2.45, 2.75) is 24.9 Å². The molecule has 1 aromatic rings. The molecule has 2 heterocycles. The van der Waals surface area contributed by atoms with E-state index < -0.39 is 11.7 Å². The van der Waals surface area contributed by atoms with Gasteiger partial charge >= 0.3 is 6.09 Å². The summed E-state index contributed by atoms with van der Waals surface area (Å²) >= 11 is 11.9. The van der Waals surface area contributed by atoms with Gasteiger partial charge in [-0.25, -0.2) is 4.79 Å². The molecule has 0 aliphatic carbocycles. The van der Waals surface area contributed by atoms with Crippen molar-refractivity contribution in [3.63, 3.8) is 0 Å². The molecular weight excluding hydrogens is 327 g/mol. The van der Waals surface area contributed by atoms with Gasteiger partial charge in [-0.2, -0.15) is 0 Å². The molecular formula is C15H16Cl2N2O3. The Balaban J connectivity index is 1.66. The molecule has 1 atom stereocenters. The maximum absolute atomic E-state index is 12.5. The number of nitrogens with zero attached hydrogens (tertiary/aromatic N) is 1. The van der Waals surface area contributed by atoms with Gasteiger partial charge in [-0.1, -0.05) is 29.3 Å². The molecule has 0 saturated carbocycles. The largest absolute Gasteiger partial charge is 0.439 e. The Morgan fingerprint density at radius 3 is 2.86 bits per heavy atom. The van der Waals surface area contributed by atoms with Crippen molar-refractivity contribution >= 4 is 35.2 Å². The van der Waals surface area contributed by atoms with Gasteiger partial charge in [0.05, 0.1) is 29.6 Å². The van der Waals surface area contributed by atoms with Gasteiger partial charge in [-0.05, 0) is 30.5 Å². The monoisotopic (exact) mass is 342 g/mol. The fourth-order valence-corrected chi connectivity index (χ4v) is 3.30. The van der Waals surface area contributed by atoms with Crippen LogP contribution in [-0.4, -0.2) is 42.1 Å². The Labute approximate surface area is 138 Å². The molecule has 3 rings (SSSR count). The van der Waals surface area contributed by atoms with E-state index in [4.69, 9.17) is 27.9 Å². The fourth-order valence-electron chi connectivity index (χ4n) is 2.98. The van der Waals surface area contributed by atoms with Gasteiger partial charge in [0.1, 0.15) is 5.60 Å². The van der Waals surface area contributed by atoms with E-state index in [0.717, 1.165) is 18.4 Å². The van der Waals surface area contributed by atoms with Gasteiger partial charge in [-0.15, -0.1) is 0 Å². The fraction of sp³-hybridized carbons (Fsp3) is 0.467. The van der Waals surface area contributed by atoms with Crippen LogP contribution in [0.4, 0.5) is 4.79 Å². The van der Waals surface area contributed by atoms with Gasteiger partial charge in [0.2, 0.25) is 5.91 Å². The second-order valence-electron chi connectivity index (χ2n) is 5.77. The van der Waals surface area contributed by atoms with Gasteiger partial charge in [0.25, 0.3) is 0 Å². The van der Waals surface area contributed by atoms with E-state index >= 15 is 0 Å². The minimum Gasteiger partial charge on any atom is -0.439 e. The number of rotatable bonds is 2. The number of amides is 2. The normalized spacial score (nSPS) is 24.3. The molecule has 5 nitrogen and oxygen atoms in total. The number of carbonyl (C=O) groups excluding carboxylic acids is 2. The number of alkyl carbamates (subject to hydrolysis) is 1. The highest BCUT2D eigenvalue weighted by atomic mass is 35.5. The third-order valence-electron chi connectivity index (χ3n) is 4.10. The molecule has 118 valence electrons. The van der Waals surface area contributed by atoms with Gasteiger partial charge in [0, 0.05) is 6.54 Å². The molecule has 2 fully saturated rings. The molecule has 1 unspecified atom stereocenters. The van der Waals surface area contributed by atoms with Crippen LogP contribution in [0.5, 0.6) is 0 Å². The smallest absolute Gasteiger partial charge is 0.407 e. The second kappa shape index (κ2) is 5.97. The van der Waals surface area contributed by atoms with Crippen molar-refractivity contribution in [2.24, 2.45) is 0 Å². The Morgan fingerprint density at radius 2 is 2.18 bits per heavy atom. The number of carbonyl (C=O) groups is 2. The third kappa shape index (κ3) is 3.15. The van der Waals surface area contributed by atoms with Gasteiger partial charge in [0.15, 0.2) is 0 Å². The summed E-state index contributed by atoms with van der Waals surface area (Å²) in [5.41, 5.74) is 0.253. The molecule has 7 heteroatoms. The number of piperidine rings is 1. The Hall–Kier alpha value is -1.46. The van der Waals surface area contributed by atoms with E-state index in [1.165, 1.54) is 0 Å². The van der Waals surface area contributed by atoms with Gasteiger partial charge < -0.3 is 15.0 Å². The predicted molar refractivity (Wildman–Crippen MR) is 83.2 cm³/mol. The summed E-state index contributed by atoms with van der Waals surface area (Å²) in [6.45, 7) is 1.58. The SMILES string of the molecule is O=C1NCC2(CCCN(C(=O)Cc3ccc(Cl)c(Cl)c3)C2)O1. The Morgan fingerprint density at radius 1 is 1.36 bits per heavy atom. The molecule has 22 heavy (non-hydrogen) atoms. The zero-order valence-electron chi connectivity index (χ0n) is 11.9. The zero-order valence-corrected chi connectivity index (χ0v) is 13.4. The number of ether oxygens (including phenoxy) is 1. The topological polar surface area (TPSA) is 58.6 Å². The minimum absolute atomic E-state index is 0.000382. The van der Waals surface area contributed by atoms with Crippen LogP contribution in [0.1, 0.15) is 18.4 Å². The summed E-state index contributed by atoms with van der Waals surface area (Å²) in [6.07, 6.45) is 1.46. The van der Waals surface area contributed by atoms with Crippen LogP contribution in [0.3, 0.4) is 0 Å². The number of nitrogens with one attached hydrogen (secondary N) is 1. The van der Waals surface area contributed by atoms with E-state index in [2.05, 4.69) is 5.32 Å². The van der Waals surface area contributed by atoms with Crippen LogP contribution in [0.25, 0.3) is 0 Å². The van der Waals surface area contributed by atoms with Crippen LogP contribution >= 0.6 is 23.2 Å². The standard InChI is InChI=1S/C15H16Cl2N2O3/c16-11-3-2-10(6-12(11)17)7-13(20)19-5-1-4-15(9-19)8-18-14(21)22-15/h2-3,6H,1,4-5,7-9H2,(H,18,21). The van der Waals surface area contributed by atoms with E-state index in [9.17, 15) is 9.59 Å². The summed E-state index contributed by atoms with van der Waals surface area (Å²) in [6, 6.07) is 5.19. The van der Waals surface area contributed by atoms with Crippen LogP contribution in [-0.2, 0) is 16.0 Å². The van der Waals surface area contributed by atoms with Crippen molar-refractivity contribution < 1.29 is 14.3 Å². The summed E-state index contributed by atoms with van der Waals surface area (Å²) in [5, 5.41) is 3.58. The van der Waals surface area contributed by atoms with Crippen molar-refractivity contribution in [3.05, 3.63) is 33.8 Å². The molecule has 0 bridgehead atoms. The lowest BCUT2D eigenvalue weighted by atomic mass is 9.92. The lowest BCUT2D eigenvalue weighted by Crippen LogP contribution is -2.52. The van der Waals surface area contributed by atoms with Gasteiger partial charge in [-0.3, -0.25) is 4.79 Å². The summed E-state index contributed by atoms with van der Waals surface area (Å²) < 4.78 is 5.37. The first kappa shape index (κ1) is 15.4. The molecule has 2 aliphatic rings. The minimum atomic E-state index is -0.567. The first-order valence-electron chi connectivity index (χ1n) is 7.16. The van der Waals surface area contributed by atoms with Crippen molar-refractivity contribution in [1.29, 1.82) is 0 Å². The van der Waals surface area contributed by atoms with Crippen molar-refractivity contribution in [1.82, 2.24) is 10.2 Å². The molecule has 0 aromatic heterocycles. The first-order valence-corrected chi connectivity index (χ1v) is 7.92. The molecule has 1 aromatic carbocycles. The summed E-state index contributed by atoms with van der Waals surface area (Å²) in [5.74, 6) is 0.000382. The molecule has 2 amide bonds. The predicted octanol–water partition coefficient (Wildman–Crippen LogP) is 2.64. The van der Waals surface area contributed by atoms with E-state index in [-0.39, 0.29) is 12.3 Å². The number of halogens is 2. The highest BCUT2D eigenvalue weighted by Crippen LogP contribution is 2.29. The molecule has 1 spiro atoms. The average molecular weight is 343 g/mol. The zero-order chi connectivity index (χ0) is 15.7. The van der Waals surface area contributed by atoms with E-state index in [0.29, 0.717) is 29.7 Å². The maximum Gasteiger partial charge on any atom is 0.407 e. The molecule has 2 saturated heterocycles. The molecule has 2 aliphatic heterocycles. The molecule has 1 N–H and O–H groups in total. The van der Waals surface area contributed by atoms with Crippen molar-refractivity contribution in [3.8, 4) is 0 Å². The first-order chi connectivity index (χ1) is 10.5. The van der Waals surface area contributed by atoms with Crippen LogP contribution in [0.2, 0.25) is 10.0 Å². The third-order valence-corrected chi connectivity index (χ3v) is 4.83. The van der Waals surface area contributed by atoms with E-state index in [1.807, 2.05) is 0 Å². The Bertz CT molecular complexity index is 623. The lowest BCUT2D eigenvalue weighted by Gasteiger charge is -2.38. The second-order valence-corrected chi connectivity index (χ2v) is 6.58. The van der Waals surface area contributed by atoms with E-state index in [1.54, 1.807) is 23.1 Å². The number of hydrogen-bond donors (Lipinski definition) is 1. The number of hydrogen-bond acceptors (Lipinski definition) is 3. The highest BCUT2D eigenvalue weighted by molar-refractivity contribution is 6.42. The van der Waals surface area contributed by atoms with Crippen molar-refractivity contribution in [2.75, 3.05) is 19.6 Å². The van der Waals surface area contributed by atoms with Crippen LogP contribution < -0.4 is 5.32 Å². The lowest BCUT2D eigenvalue weighted by molar-refractivity contribution is -0.136. The molecule has 0 radical (unpaired) electrons. The Kier molecular flexibility index (Phi) is 4.19. The summed E-state index contributed by atoms with van der Waals surface area (Å²) in [4.78, 5) is 25.5. The number of benzene rings is 1. The maximum atomic E-state index is 12.5. The number of likely N-dealkylation sites (tertiary alicyclic amines) is 1. The highest BCUT2D eigenvalue weighted by Gasteiger charge is 2.44. The van der Waals surface area contributed by atoms with Crippen LogP contribution in [0, 0.1) is 0 Å². The van der Waals surface area contributed by atoms with Crippen LogP contribution in [0.15, 0.2) is 18.2 Å².